The van der Waals surface area contributed by atoms with Gasteiger partial charge in [0, 0.05) is 30.6 Å². The molecule has 0 spiro atoms. The van der Waals surface area contributed by atoms with E-state index >= 15 is 0 Å². The van der Waals surface area contributed by atoms with Crippen LogP contribution in [0.1, 0.15) is 58.8 Å². The third-order valence-electron chi connectivity index (χ3n) is 5.29. The number of likely N-dealkylation sites (tertiary alicyclic amines) is 1. The number of piperidine rings is 2. The van der Waals surface area contributed by atoms with Gasteiger partial charge in [-0.2, -0.15) is 0 Å². The van der Waals surface area contributed by atoms with Gasteiger partial charge in [0.05, 0.1) is 16.7 Å². The van der Waals surface area contributed by atoms with Crippen LogP contribution in [0.4, 0.5) is 0 Å². The Bertz CT molecular complexity index is 732. The second kappa shape index (κ2) is 9.82. The fraction of sp³-hybridized carbons (Fsp3) is 0.647. The number of amides is 1. The molecule has 10 heteroatoms. The highest BCUT2D eigenvalue weighted by Crippen LogP contribution is 2.29. The Morgan fingerprint density at radius 3 is 2.74 bits per heavy atom. The van der Waals surface area contributed by atoms with Crippen molar-refractivity contribution in [3.8, 4) is 0 Å². The lowest BCUT2D eigenvalue weighted by atomic mass is 9.98. The molecule has 4 heterocycles. The third-order valence-corrected chi connectivity index (χ3v) is 6.23. The first-order chi connectivity index (χ1) is 12.2. The number of thiazole rings is 1. The van der Waals surface area contributed by atoms with E-state index in [9.17, 15) is 4.79 Å². The minimum atomic E-state index is 0. The Hall–Kier alpha value is -1.22. The van der Waals surface area contributed by atoms with E-state index in [0.29, 0.717) is 17.7 Å². The highest BCUT2D eigenvalue weighted by atomic mass is 35.5. The number of hydrogen-bond acceptors (Lipinski definition) is 6. The molecule has 1 N–H and O–H groups in total. The van der Waals surface area contributed by atoms with Crippen molar-refractivity contribution < 1.29 is 4.79 Å². The van der Waals surface area contributed by atoms with E-state index in [1.165, 1.54) is 0 Å². The van der Waals surface area contributed by atoms with E-state index in [1.54, 1.807) is 11.3 Å². The zero-order valence-electron chi connectivity index (χ0n) is 15.3. The van der Waals surface area contributed by atoms with Crippen LogP contribution in [0, 0.1) is 6.92 Å². The van der Waals surface area contributed by atoms with Crippen molar-refractivity contribution in [2.75, 3.05) is 26.2 Å². The van der Waals surface area contributed by atoms with Crippen LogP contribution < -0.4 is 5.32 Å². The van der Waals surface area contributed by atoms with Crippen LogP contribution in [0.5, 0.6) is 0 Å². The lowest BCUT2D eigenvalue weighted by Crippen LogP contribution is -2.39. The lowest BCUT2D eigenvalue weighted by molar-refractivity contribution is 0.0700. The third kappa shape index (κ3) is 4.62. The van der Waals surface area contributed by atoms with E-state index in [-0.39, 0.29) is 30.7 Å². The second-order valence-corrected chi connectivity index (χ2v) is 7.84. The molecule has 1 amide bonds. The summed E-state index contributed by atoms with van der Waals surface area (Å²) < 4.78 is 1.95. The summed E-state index contributed by atoms with van der Waals surface area (Å²) >= 11 is 1.68. The van der Waals surface area contributed by atoms with Gasteiger partial charge < -0.3 is 10.2 Å². The molecule has 1 unspecified atom stereocenters. The Balaban J connectivity index is 0.00000131. The maximum Gasteiger partial charge on any atom is 0.276 e. The van der Waals surface area contributed by atoms with Crippen LogP contribution in [0.25, 0.3) is 0 Å². The van der Waals surface area contributed by atoms with Crippen LogP contribution >= 0.6 is 36.2 Å². The summed E-state index contributed by atoms with van der Waals surface area (Å²) in [7, 11) is 0. The van der Waals surface area contributed by atoms with Gasteiger partial charge in [0.2, 0.25) is 0 Å². The van der Waals surface area contributed by atoms with Crippen molar-refractivity contribution in [1.82, 2.24) is 30.2 Å². The van der Waals surface area contributed by atoms with E-state index in [1.807, 2.05) is 28.1 Å². The van der Waals surface area contributed by atoms with Crippen LogP contribution in [-0.2, 0) is 0 Å². The first-order valence-corrected chi connectivity index (χ1v) is 9.93. The largest absolute Gasteiger partial charge is 0.336 e. The molecule has 0 aliphatic carbocycles. The summed E-state index contributed by atoms with van der Waals surface area (Å²) in [6.45, 7) is 5.48. The molecule has 0 saturated carbocycles. The molecule has 2 aromatic heterocycles. The fourth-order valence-corrected chi connectivity index (χ4v) is 4.65. The average molecular weight is 433 g/mol. The molecule has 2 aromatic rings. The van der Waals surface area contributed by atoms with Crippen molar-refractivity contribution in [2.24, 2.45) is 0 Å². The average Bonchev–Trinajstić information content (AvgIpc) is 3.32. The monoisotopic (exact) mass is 432 g/mol. The van der Waals surface area contributed by atoms with Crippen molar-refractivity contribution >= 4 is 42.1 Å². The number of nitrogens with zero attached hydrogens (tertiary/aromatic N) is 5. The molecule has 2 saturated heterocycles. The number of hydrogen-bond donors (Lipinski definition) is 1. The molecule has 0 aromatic carbocycles. The Labute approximate surface area is 175 Å². The standard InChI is InChI=1S/C17H24N6OS.2ClH/c1-12-15(20-21-23(12)14-4-6-18-7-5-14)17(24)22-9-2-3-13(11-22)16-19-8-10-25-16;;/h8,10,13-14,18H,2-7,9,11H2,1H3;2*1H. The molecule has 2 aliphatic heterocycles. The Morgan fingerprint density at radius 1 is 1.26 bits per heavy atom. The van der Waals surface area contributed by atoms with E-state index in [0.717, 1.165) is 62.6 Å². The van der Waals surface area contributed by atoms with Crippen molar-refractivity contribution in [3.05, 3.63) is 28.0 Å². The zero-order valence-corrected chi connectivity index (χ0v) is 17.8. The van der Waals surface area contributed by atoms with Gasteiger partial charge in [0.25, 0.3) is 5.91 Å². The molecule has 4 rings (SSSR count). The van der Waals surface area contributed by atoms with Gasteiger partial charge in [0.15, 0.2) is 5.69 Å². The lowest BCUT2D eigenvalue weighted by Gasteiger charge is -2.31. The van der Waals surface area contributed by atoms with Crippen molar-refractivity contribution in [3.63, 3.8) is 0 Å². The number of nitrogens with one attached hydrogen (secondary N) is 1. The maximum absolute atomic E-state index is 13.0. The quantitative estimate of drug-likeness (QED) is 0.806. The second-order valence-electron chi connectivity index (χ2n) is 6.91. The number of aromatic nitrogens is 4. The topological polar surface area (TPSA) is 75.9 Å². The number of carbonyl (C=O) groups excluding carboxylic acids is 1. The number of halogens is 2. The van der Waals surface area contributed by atoms with Crippen molar-refractivity contribution in [2.45, 2.75) is 44.6 Å². The van der Waals surface area contributed by atoms with Gasteiger partial charge in [-0.25, -0.2) is 9.67 Å². The number of carbonyl (C=O) groups is 1. The predicted octanol–water partition coefficient (Wildman–Crippen LogP) is 2.83. The van der Waals surface area contributed by atoms with Gasteiger partial charge >= 0.3 is 0 Å². The SMILES string of the molecule is Cc1c(C(=O)N2CCCC(c3nccs3)C2)nnn1C1CCNCC1.Cl.Cl. The van der Waals surface area contributed by atoms with Crippen LogP contribution in [0.15, 0.2) is 11.6 Å². The Morgan fingerprint density at radius 2 is 2.04 bits per heavy atom. The van der Waals surface area contributed by atoms with Crippen molar-refractivity contribution in [1.29, 1.82) is 0 Å². The maximum atomic E-state index is 13.0. The summed E-state index contributed by atoms with van der Waals surface area (Å²) in [5, 5.41) is 15.0. The van der Waals surface area contributed by atoms with E-state index in [2.05, 4.69) is 20.6 Å². The highest BCUT2D eigenvalue weighted by molar-refractivity contribution is 7.09. The molecule has 1 atom stereocenters. The highest BCUT2D eigenvalue weighted by Gasteiger charge is 2.30. The van der Waals surface area contributed by atoms with E-state index in [4.69, 9.17) is 0 Å². The first kappa shape index (κ1) is 22.1. The number of rotatable bonds is 3. The molecule has 150 valence electrons. The minimum Gasteiger partial charge on any atom is -0.336 e. The van der Waals surface area contributed by atoms with E-state index < -0.39 is 0 Å². The molecule has 2 fully saturated rings. The molecule has 27 heavy (non-hydrogen) atoms. The molecule has 0 radical (unpaired) electrons. The van der Waals surface area contributed by atoms with Crippen LogP contribution in [0.2, 0.25) is 0 Å². The molecule has 0 bridgehead atoms. The summed E-state index contributed by atoms with van der Waals surface area (Å²) in [6.07, 6.45) is 6.02. The summed E-state index contributed by atoms with van der Waals surface area (Å²) in [5.74, 6) is 0.358. The smallest absolute Gasteiger partial charge is 0.276 e. The minimum absolute atomic E-state index is 0. The van der Waals surface area contributed by atoms with Gasteiger partial charge in [-0.1, -0.05) is 5.21 Å². The summed E-state index contributed by atoms with van der Waals surface area (Å²) in [6, 6.07) is 0.347. The summed E-state index contributed by atoms with van der Waals surface area (Å²) in [4.78, 5) is 19.4. The Kier molecular flexibility index (Phi) is 8.03. The normalized spacial score (nSPS) is 20.6. The van der Waals surface area contributed by atoms with Gasteiger partial charge in [-0.05, 0) is 45.7 Å². The van der Waals surface area contributed by atoms with Gasteiger partial charge in [0.1, 0.15) is 0 Å². The van der Waals surface area contributed by atoms with Gasteiger partial charge in [-0.15, -0.1) is 41.2 Å². The predicted molar refractivity (Wildman–Crippen MR) is 110 cm³/mol. The van der Waals surface area contributed by atoms with Crippen LogP contribution in [0.3, 0.4) is 0 Å². The fourth-order valence-electron chi connectivity index (χ4n) is 3.89. The zero-order chi connectivity index (χ0) is 17.2. The molecule has 7 nitrogen and oxygen atoms in total. The first-order valence-electron chi connectivity index (χ1n) is 9.05. The summed E-state index contributed by atoms with van der Waals surface area (Å²) in [5.41, 5.74) is 1.41. The molecule has 2 aliphatic rings. The van der Waals surface area contributed by atoms with Gasteiger partial charge in [-0.3, -0.25) is 4.79 Å². The molecular formula is C17H26Cl2N6OS. The van der Waals surface area contributed by atoms with Crippen LogP contribution in [-0.4, -0.2) is 57.0 Å². The molecular weight excluding hydrogens is 407 g/mol.